The molecule has 2 rings (SSSR count). The van der Waals surface area contributed by atoms with E-state index in [2.05, 4.69) is 5.32 Å². The number of aliphatic hydroxyl groups excluding tert-OH is 1. The molecule has 28 heavy (non-hydrogen) atoms. The average Bonchev–Trinajstić information content (AvgIpc) is 2.66. The Labute approximate surface area is 159 Å². The standard InChI is InChI=1S/C20H18F3NO4/c21-20(22,23)15-11-9-14(10-12-15)17(25)18(26)24-16(19(27)28)8-4-7-13-5-2-1-3-6-13/h1-7,9-12,16-17,25H,8H2,(H,24,26)(H,27,28)/b7-4+/t16-,17-/m0/s1. The van der Waals surface area contributed by atoms with Gasteiger partial charge in [0, 0.05) is 0 Å². The lowest BCUT2D eigenvalue weighted by Gasteiger charge is -2.17. The van der Waals surface area contributed by atoms with Gasteiger partial charge in [-0.3, -0.25) is 4.79 Å². The number of benzene rings is 2. The van der Waals surface area contributed by atoms with Gasteiger partial charge >= 0.3 is 12.1 Å². The zero-order valence-corrected chi connectivity index (χ0v) is 14.6. The molecule has 0 aliphatic carbocycles. The van der Waals surface area contributed by atoms with Gasteiger partial charge in [0.1, 0.15) is 6.04 Å². The van der Waals surface area contributed by atoms with Crippen molar-refractivity contribution in [2.24, 2.45) is 0 Å². The first-order chi connectivity index (χ1) is 13.2. The molecule has 0 heterocycles. The van der Waals surface area contributed by atoms with Crippen molar-refractivity contribution in [3.05, 3.63) is 77.4 Å². The normalized spacial score (nSPS) is 13.9. The Balaban J connectivity index is 2.01. The highest BCUT2D eigenvalue weighted by Gasteiger charge is 2.31. The van der Waals surface area contributed by atoms with Crippen LogP contribution in [0.2, 0.25) is 0 Å². The van der Waals surface area contributed by atoms with Crippen molar-refractivity contribution < 1.29 is 33.0 Å². The molecule has 2 aromatic carbocycles. The molecule has 0 radical (unpaired) electrons. The summed E-state index contributed by atoms with van der Waals surface area (Å²) in [5, 5.41) is 21.4. The second-order valence-corrected chi connectivity index (χ2v) is 5.97. The predicted octanol–water partition coefficient (Wildman–Crippen LogP) is 3.41. The minimum atomic E-state index is -4.54. The Bertz CT molecular complexity index is 833. The summed E-state index contributed by atoms with van der Waals surface area (Å²) >= 11 is 0. The van der Waals surface area contributed by atoms with Crippen LogP contribution >= 0.6 is 0 Å². The average molecular weight is 393 g/mol. The van der Waals surface area contributed by atoms with E-state index in [-0.39, 0.29) is 12.0 Å². The van der Waals surface area contributed by atoms with Gasteiger partial charge in [0.2, 0.25) is 0 Å². The first-order valence-electron chi connectivity index (χ1n) is 8.28. The monoisotopic (exact) mass is 393 g/mol. The summed E-state index contributed by atoms with van der Waals surface area (Å²) in [5.74, 6) is -2.31. The highest BCUT2D eigenvalue weighted by molar-refractivity contribution is 5.87. The molecule has 3 N–H and O–H groups in total. The third kappa shape index (κ3) is 5.95. The van der Waals surface area contributed by atoms with E-state index in [1.54, 1.807) is 12.2 Å². The number of amides is 1. The molecule has 0 unspecified atom stereocenters. The van der Waals surface area contributed by atoms with E-state index in [0.717, 1.165) is 29.8 Å². The summed E-state index contributed by atoms with van der Waals surface area (Å²) in [4.78, 5) is 23.4. The number of rotatable bonds is 7. The van der Waals surface area contributed by atoms with E-state index in [9.17, 15) is 33.0 Å². The number of hydrogen-bond acceptors (Lipinski definition) is 3. The van der Waals surface area contributed by atoms with Crippen molar-refractivity contribution in [2.45, 2.75) is 24.7 Å². The van der Waals surface area contributed by atoms with Crippen molar-refractivity contribution in [1.29, 1.82) is 0 Å². The van der Waals surface area contributed by atoms with Crippen LogP contribution in [0.25, 0.3) is 6.08 Å². The fourth-order valence-electron chi connectivity index (χ4n) is 2.38. The number of carboxylic acids is 1. The fraction of sp³-hybridized carbons (Fsp3) is 0.200. The third-order valence-corrected chi connectivity index (χ3v) is 3.90. The maximum Gasteiger partial charge on any atom is 0.416 e. The number of hydrogen-bond donors (Lipinski definition) is 3. The minimum Gasteiger partial charge on any atom is -0.480 e. The fourth-order valence-corrected chi connectivity index (χ4v) is 2.38. The SMILES string of the molecule is O=C(O)[C@H](C/C=C/c1ccccc1)NC(=O)[C@@H](O)c1ccc(C(F)(F)F)cc1. The Morgan fingerprint density at radius 1 is 1.04 bits per heavy atom. The van der Waals surface area contributed by atoms with Gasteiger partial charge in [-0.2, -0.15) is 13.2 Å². The maximum absolute atomic E-state index is 12.6. The number of halogens is 3. The van der Waals surface area contributed by atoms with Gasteiger partial charge < -0.3 is 15.5 Å². The van der Waals surface area contributed by atoms with Gasteiger partial charge in [0.05, 0.1) is 5.56 Å². The van der Waals surface area contributed by atoms with Crippen molar-refractivity contribution in [1.82, 2.24) is 5.32 Å². The Hall–Kier alpha value is -3.13. The summed E-state index contributed by atoms with van der Waals surface area (Å²) in [7, 11) is 0. The van der Waals surface area contributed by atoms with Crippen LogP contribution < -0.4 is 5.32 Å². The number of aliphatic hydroxyl groups is 1. The van der Waals surface area contributed by atoms with E-state index < -0.39 is 35.8 Å². The van der Waals surface area contributed by atoms with Crippen molar-refractivity contribution in [3.8, 4) is 0 Å². The van der Waals surface area contributed by atoms with Crippen LogP contribution in [-0.4, -0.2) is 28.1 Å². The number of aliphatic carboxylic acids is 1. The second kappa shape index (κ2) is 9.18. The molecule has 2 aromatic rings. The first kappa shape index (κ1) is 21.2. The number of carboxylic acid groups (broad SMARTS) is 1. The quantitative estimate of drug-likeness (QED) is 0.673. The molecule has 0 spiro atoms. The maximum atomic E-state index is 12.6. The Morgan fingerprint density at radius 2 is 1.64 bits per heavy atom. The molecule has 8 heteroatoms. The van der Waals surface area contributed by atoms with E-state index in [1.165, 1.54) is 0 Å². The summed E-state index contributed by atoms with van der Waals surface area (Å²) in [5.41, 5.74) is -0.143. The Kier molecular flexibility index (Phi) is 6.94. The predicted molar refractivity (Wildman–Crippen MR) is 96.1 cm³/mol. The molecular formula is C20H18F3NO4. The van der Waals surface area contributed by atoms with Gasteiger partial charge in [0.15, 0.2) is 6.10 Å². The first-order valence-corrected chi connectivity index (χ1v) is 8.28. The Morgan fingerprint density at radius 3 is 2.18 bits per heavy atom. The van der Waals surface area contributed by atoms with Crippen LogP contribution in [0.3, 0.4) is 0 Å². The number of alkyl halides is 3. The van der Waals surface area contributed by atoms with E-state index >= 15 is 0 Å². The number of carbonyl (C=O) groups excluding carboxylic acids is 1. The molecule has 2 atom stereocenters. The van der Waals surface area contributed by atoms with E-state index in [4.69, 9.17) is 0 Å². The smallest absolute Gasteiger partial charge is 0.416 e. The largest absolute Gasteiger partial charge is 0.480 e. The van der Waals surface area contributed by atoms with Crippen LogP contribution in [0.5, 0.6) is 0 Å². The number of nitrogens with one attached hydrogen (secondary N) is 1. The molecule has 0 aromatic heterocycles. The van der Waals surface area contributed by atoms with Crippen molar-refractivity contribution in [3.63, 3.8) is 0 Å². The lowest BCUT2D eigenvalue weighted by molar-refractivity contribution is -0.143. The van der Waals surface area contributed by atoms with Gasteiger partial charge in [-0.15, -0.1) is 0 Å². The molecule has 0 fully saturated rings. The van der Waals surface area contributed by atoms with E-state index in [1.807, 2.05) is 30.3 Å². The van der Waals surface area contributed by atoms with Crippen LogP contribution in [0.4, 0.5) is 13.2 Å². The van der Waals surface area contributed by atoms with Crippen molar-refractivity contribution >= 4 is 18.0 Å². The summed E-state index contributed by atoms with van der Waals surface area (Å²) in [6.45, 7) is 0. The number of carbonyl (C=O) groups is 2. The van der Waals surface area contributed by atoms with Gasteiger partial charge in [-0.1, -0.05) is 54.6 Å². The summed E-state index contributed by atoms with van der Waals surface area (Å²) in [6, 6.07) is 11.2. The molecule has 0 saturated heterocycles. The van der Waals surface area contributed by atoms with Crippen LogP contribution in [0.1, 0.15) is 29.2 Å². The molecule has 0 bridgehead atoms. The molecule has 0 saturated carbocycles. The lowest BCUT2D eigenvalue weighted by Crippen LogP contribution is -2.42. The topological polar surface area (TPSA) is 86.6 Å². The van der Waals surface area contributed by atoms with Crippen LogP contribution in [0.15, 0.2) is 60.7 Å². The van der Waals surface area contributed by atoms with E-state index in [0.29, 0.717) is 0 Å². The molecule has 0 aliphatic rings. The summed E-state index contributed by atoms with van der Waals surface area (Å²) in [6.07, 6.45) is -3.10. The summed E-state index contributed by atoms with van der Waals surface area (Å²) < 4.78 is 37.7. The lowest BCUT2D eigenvalue weighted by atomic mass is 10.1. The van der Waals surface area contributed by atoms with Gasteiger partial charge in [-0.25, -0.2) is 4.79 Å². The molecule has 1 amide bonds. The zero-order chi connectivity index (χ0) is 20.7. The highest BCUT2D eigenvalue weighted by atomic mass is 19.4. The van der Waals surface area contributed by atoms with Crippen LogP contribution in [0, 0.1) is 0 Å². The minimum absolute atomic E-state index is 0.0320. The third-order valence-electron chi connectivity index (χ3n) is 3.90. The molecule has 148 valence electrons. The van der Waals surface area contributed by atoms with Gasteiger partial charge in [-0.05, 0) is 29.7 Å². The van der Waals surface area contributed by atoms with Crippen LogP contribution in [-0.2, 0) is 15.8 Å². The highest BCUT2D eigenvalue weighted by Crippen LogP contribution is 2.30. The van der Waals surface area contributed by atoms with Gasteiger partial charge in [0.25, 0.3) is 5.91 Å². The zero-order valence-electron chi connectivity index (χ0n) is 14.6. The molecule has 5 nitrogen and oxygen atoms in total. The van der Waals surface area contributed by atoms with Crippen molar-refractivity contribution in [2.75, 3.05) is 0 Å². The molecular weight excluding hydrogens is 375 g/mol. The molecule has 0 aliphatic heterocycles. The second-order valence-electron chi connectivity index (χ2n) is 5.97.